The Morgan fingerprint density at radius 3 is 2.32 bits per heavy atom. The van der Waals surface area contributed by atoms with Gasteiger partial charge in [0.1, 0.15) is 0 Å². The van der Waals surface area contributed by atoms with Gasteiger partial charge in [0.05, 0.1) is 6.54 Å². The number of carbonyl (C=O) groups is 3. The van der Waals surface area contributed by atoms with Crippen LogP contribution in [0.3, 0.4) is 0 Å². The average molecular weight is 301 g/mol. The minimum Gasteiger partial charge on any atom is -0.343 e. The summed E-state index contributed by atoms with van der Waals surface area (Å²) in [5, 5.41) is 2.63. The van der Waals surface area contributed by atoms with Crippen LogP contribution in [0.25, 0.3) is 0 Å². The highest BCUT2D eigenvalue weighted by Gasteiger charge is 2.22. The van der Waals surface area contributed by atoms with Crippen molar-refractivity contribution < 1.29 is 14.4 Å². The van der Waals surface area contributed by atoms with Gasteiger partial charge in [0.15, 0.2) is 0 Å². The molecule has 0 aliphatic carbocycles. The van der Waals surface area contributed by atoms with Crippen LogP contribution in [0.4, 0.5) is 5.69 Å². The molecule has 0 spiro atoms. The highest BCUT2D eigenvalue weighted by molar-refractivity contribution is 5.98. The van der Waals surface area contributed by atoms with Crippen LogP contribution in [-0.4, -0.2) is 48.8 Å². The molecule has 0 unspecified atom stereocenters. The first-order valence-electron chi connectivity index (χ1n) is 7.61. The number of amides is 3. The van der Waals surface area contributed by atoms with Gasteiger partial charge in [0, 0.05) is 37.3 Å². The molecule has 1 N–H and O–H groups in total. The molecule has 0 radical (unpaired) electrons. The summed E-state index contributed by atoms with van der Waals surface area (Å²) < 4.78 is 0. The molecule has 22 heavy (non-hydrogen) atoms. The van der Waals surface area contributed by atoms with Gasteiger partial charge in [-0.05, 0) is 37.1 Å². The van der Waals surface area contributed by atoms with Crippen molar-refractivity contribution >= 4 is 23.4 Å². The summed E-state index contributed by atoms with van der Waals surface area (Å²) in [5.41, 5.74) is 1.31. The minimum atomic E-state index is -0.270. The number of rotatable bonds is 4. The van der Waals surface area contributed by atoms with Crippen molar-refractivity contribution in [1.82, 2.24) is 10.2 Å². The third-order valence-electron chi connectivity index (χ3n) is 4.12. The summed E-state index contributed by atoms with van der Waals surface area (Å²) in [6.07, 6.45) is 2.50. The van der Waals surface area contributed by atoms with Crippen molar-refractivity contribution in [3.05, 3.63) is 29.8 Å². The Balaban J connectivity index is 1.56. The maximum Gasteiger partial charge on any atom is 0.251 e. The van der Waals surface area contributed by atoms with E-state index in [0.29, 0.717) is 12.0 Å². The summed E-state index contributed by atoms with van der Waals surface area (Å²) >= 11 is 0. The van der Waals surface area contributed by atoms with E-state index in [4.69, 9.17) is 0 Å². The second-order valence-electron chi connectivity index (χ2n) is 5.61. The topological polar surface area (TPSA) is 69.7 Å². The number of anilines is 1. The lowest BCUT2D eigenvalue weighted by molar-refractivity contribution is -0.133. The fourth-order valence-corrected chi connectivity index (χ4v) is 2.65. The molecule has 3 rings (SSSR count). The Labute approximate surface area is 129 Å². The number of nitrogens with one attached hydrogen (secondary N) is 1. The van der Waals surface area contributed by atoms with Gasteiger partial charge in [-0.3, -0.25) is 14.4 Å². The SMILES string of the molecule is O=C(NCC(=O)N1CCC1)c1ccc(N2CCCC2=O)cc1. The van der Waals surface area contributed by atoms with E-state index < -0.39 is 0 Å². The number of benzene rings is 1. The van der Waals surface area contributed by atoms with E-state index in [9.17, 15) is 14.4 Å². The van der Waals surface area contributed by atoms with Crippen LogP contribution in [0.5, 0.6) is 0 Å². The Kier molecular flexibility index (Phi) is 4.09. The molecular weight excluding hydrogens is 282 g/mol. The highest BCUT2D eigenvalue weighted by atomic mass is 16.2. The van der Waals surface area contributed by atoms with Crippen LogP contribution in [0, 0.1) is 0 Å². The molecular formula is C16H19N3O3. The van der Waals surface area contributed by atoms with E-state index in [0.717, 1.165) is 38.2 Å². The lowest BCUT2D eigenvalue weighted by atomic mass is 10.2. The molecule has 0 bridgehead atoms. The Morgan fingerprint density at radius 2 is 1.77 bits per heavy atom. The van der Waals surface area contributed by atoms with E-state index in [2.05, 4.69) is 5.32 Å². The number of hydrogen-bond donors (Lipinski definition) is 1. The predicted molar refractivity (Wildman–Crippen MR) is 81.6 cm³/mol. The summed E-state index contributed by atoms with van der Waals surface area (Å²) in [5.74, 6) is -0.190. The van der Waals surface area contributed by atoms with E-state index in [1.54, 1.807) is 34.1 Å². The van der Waals surface area contributed by atoms with Crippen LogP contribution in [0.15, 0.2) is 24.3 Å². The predicted octanol–water partition coefficient (Wildman–Crippen LogP) is 0.775. The molecule has 1 aromatic rings. The zero-order chi connectivity index (χ0) is 15.5. The molecule has 0 saturated carbocycles. The van der Waals surface area contributed by atoms with Gasteiger partial charge in [0.25, 0.3) is 5.91 Å². The summed E-state index contributed by atoms with van der Waals surface area (Å²) in [4.78, 5) is 38.8. The molecule has 2 fully saturated rings. The average Bonchev–Trinajstić information content (AvgIpc) is 2.89. The summed E-state index contributed by atoms with van der Waals surface area (Å²) in [6.45, 7) is 2.33. The van der Waals surface area contributed by atoms with Gasteiger partial charge >= 0.3 is 0 Å². The van der Waals surface area contributed by atoms with Gasteiger partial charge in [-0.2, -0.15) is 0 Å². The van der Waals surface area contributed by atoms with Gasteiger partial charge in [-0.15, -0.1) is 0 Å². The second-order valence-corrected chi connectivity index (χ2v) is 5.61. The molecule has 2 aliphatic heterocycles. The van der Waals surface area contributed by atoms with Gasteiger partial charge in [-0.1, -0.05) is 0 Å². The second kappa shape index (κ2) is 6.17. The maximum atomic E-state index is 12.0. The number of carbonyl (C=O) groups excluding carboxylic acids is 3. The van der Waals surface area contributed by atoms with Gasteiger partial charge in [0.2, 0.25) is 11.8 Å². The number of nitrogens with zero attached hydrogens (tertiary/aromatic N) is 2. The van der Waals surface area contributed by atoms with E-state index in [1.165, 1.54) is 0 Å². The lowest BCUT2D eigenvalue weighted by Crippen LogP contribution is -2.47. The van der Waals surface area contributed by atoms with Crippen LogP contribution in [-0.2, 0) is 9.59 Å². The smallest absolute Gasteiger partial charge is 0.251 e. The number of likely N-dealkylation sites (tertiary alicyclic amines) is 1. The van der Waals surface area contributed by atoms with Crippen molar-refractivity contribution in [1.29, 1.82) is 0 Å². The fourth-order valence-electron chi connectivity index (χ4n) is 2.65. The normalized spacial score (nSPS) is 17.4. The highest BCUT2D eigenvalue weighted by Crippen LogP contribution is 2.21. The zero-order valence-corrected chi connectivity index (χ0v) is 12.4. The molecule has 1 aromatic carbocycles. The molecule has 3 amide bonds. The summed E-state index contributed by atoms with van der Waals surface area (Å²) in [7, 11) is 0. The molecule has 2 aliphatic rings. The first kappa shape index (κ1) is 14.6. The quantitative estimate of drug-likeness (QED) is 0.893. The molecule has 6 nitrogen and oxygen atoms in total. The lowest BCUT2D eigenvalue weighted by Gasteiger charge is -2.30. The molecule has 0 atom stereocenters. The first-order valence-corrected chi connectivity index (χ1v) is 7.61. The van der Waals surface area contributed by atoms with Crippen molar-refractivity contribution in [2.45, 2.75) is 19.3 Å². The maximum absolute atomic E-state index is 12.0. The van der Waals surface area contributed by atoms with Crippen molar-refractivity contribution in [3.63, 3.8) is 0 Å². The monoisotopic (exact) mass is 301 g/mol. The molecule has 2 saturated heterocycles. The van der Waals surface area contributed by atoms with Crippen LogP contribution < -0.4 is 10.2 Å². The third-order valence-corrected chi connectivity index (χ3v) is 4.12. The standard InChI is InChI=1S/C16H19N3O3/c20-14-3-1-10-19(14)13-6-4-12(5-7-13)16(22)17-11-15(21)18-8-2-9-18/h4-7H,1-3,8-11H2,(H,17,22). The van der Waals surface area contributed by atoms with Crippen LogP contribution in [0.1, 0.15) is 29.6 Å². The van der Waals surface area contributed by atoms with E-state index in [-0.39, 0.29) is 24.3 Å². The minimum absolute atomic E-state index is 0.0329. The summed E-state index contributed by atoms with van der Waals surface area (Å²) in [6, 6.07) is 6.92. The fraction of sp³-hybridized carbons (Fsp3) is 0.438. The van der Waals surface area contributed by atoms with E-state index in [1.807, 2.05) is 0 Å². The zero-order valence-electron chi connectivity index (χ0n) is 12.4. The van der Waals surface area contributed by atoms with E-state index >= 15 is 0 Å². The van der Waals surface area contributed by atoms with Crippen molar-refractivity contribution in [2.24, 2.45) is 0 Å². The van der Waals surface area contributed by atoms with Crippen molar-refractivity contribution in [3.8, 4) is 0 Å². The Bertz CT molecular complexity index is 593. The number of hydrogen-bond acceptors (Lipinski definition) is 3. The van der Waals surface area contributed by atoms with Crippen LogP contribution >= 0.6 is 0 Å². The molecule has 116 valence electrons. The first-order chi connectivity index (χ1) is 10.6. The van der Waals surface area contributed by atoms with Gasteiger partial charge < -0.3 is 15.1 Å². The molecule has 6 heteroatoms. The molecule has 2 heterocycles. The Morgan fingerprint density at radius 1 is 1.05 bits per heavy atom. The van der Waals surface area contributed by atoms with Gasteiger partial charge in [-0.25, -0.2) is 0 Å². The largest absolute Gasteiger partial charge is 0.343 e. The molecule has 0 aromatic heterocycles. The van der Waals surface area contributed by atoms with Crippen LogP contribution in [0.2, 0.25) is 0 Å². The van der Waals surface area contributed by atoms with Crippen molar-refractivity contribution in [2.75, 3.05) is 31.1 Å². The Hall–Kier alpha value is -2.37. The third kappa shape index (κ3) is 2.95.